The van der Waals surface area contributed by atoms with Gasteiger partial charge >= 0.3 is 0 Å². The molecule has 0 fully saturated rings. The summed E-state index contributed by atoms with van der Waals surface area (Å²) in [7, 11) is 0. The molecule has 2 heterocycles. The first kappa shape index (κ1) is 10.8. The first-order valence-corrected chi connectivity index (χ1v) is 5.51. The second kappa shape index (κ2) is 4.14. The van der Waals surface area contributed by atoms with Gasteiger partial charge in [0.25, 0.3) is 0 Å². The summed E-state index contributed by atoms with van der Waals surface area (Å²) in [6.45, 7) is 2.26. The van der Waals surface area contributed by atoms with E-state index >= 15 is 0 Å². The van der Waals surface area contributed by atoms with Crippen molar-refractivity contribution in [3.63, 3.8) is 0 Å². The number of hydrogen-bond acceptors (Lipinski definition) is 4. The van der Waals surface area contributed by atoms with E-state index in [1.807, 2.05) is 6.92 Å². The van der Waals surface area contributed by atoms with Crippen molar-refractivity contribution in [3.05, 3.63) is 41.9 Å². The molecule has 18 heavy (non-hydrogen) atoms. The Morgan fingerprint density at radius 1 is 1.44 bits per heavy atom. The van der Waals surface area contributed by atoms with Crippen LogP contribution in [0.1, 0.15) is 11.7 Å². The number of rotatable bonds is 3. The van der Waals surface area contributed by atoms with Crippen molar-refractivity contribution in [3.8, 4) is 0 Å². The van der Waals surface area contributed by atoms with Crippen molar-refractivity contribution in [1.82, 2.24) is 15.0 Å². The van der Waals surface area contributed by atoms with Gasteiger partial charge in [-0.2, -0.15) is 0 Å². The van der Waals surface area contributed by atoms with E-state index in [-0.39, 0.29) is 5.82 Å². The third-order valence-electron chi connectivity index (χ3n) is 2.52. The number of benzene rings is 1. The van der Waals surface area contributed by atoms with Crippen molar-refractivity contribution in [2.75, 3.05) is 5.32 Å². The predicted octanol–water partition coefficient (Wildman–Crippen LogP) is 2.61. The number of H-pyrrole nitrogens is 1. The number of imidazole rings is 1. The van der Waals surface area contributed by atoms with Crippen LogP contribution in [0, 0.1) is 12.7 Å². The number of fused-ring (bicyclic) bond motifs is 1. The Labute approximate surface area is 102 Å². The topological polar surface area (TPSA) is 66.7 Å². The van der Waals surface area contributed by atoms with Gasteiger partial charge in [0.1, 0.15) is 11.6 Å². The van der Waals surface area contributed by atoms with Crippen molar-refractivity contribution in [1.29, 1.82) is 0 Å². The van der Waals surface area contributed by atoms with E-state index in [2.05, 4.69) is 20.3 Å². The summed E-state index contributed by atoms with van der Waals surface area (Å²) in [5, 5.41) is 3.04. The maximum Gasteiger partial charge on any atom is 0.213 e. The maximum absolute atomic E-state index is 13.0. The highest BCUT2D eigenvalue weighted by atomic mass is 19.1. The normalized spacial score (nSPS) is 11.0. The van der Waals surface area contributed by atoms with Crippen molar-refractivity contribution in [2.45, 2.75) is 13.5 Å². The largest absolute Gasteiger partial charge is 0.444 e. The lowest BCUT2D eigenvalue weighted by molar-refractivity contribution is 0.478. The summed E-state index contributed by atoms with van der Waals surface area (Å²) in [6, 6.07) is 4.41. The summed E-state index contributed by atoms with van der Waals surface area (Å²) >= 11 is 0. The molecule has 3 aromatic rings. The number of aromatic nitrogens is 3. The minimum atomic E-state index is -0.291. The Morgan fingerprint density at radius 2 is 2.33 bits per heavy atom. The van der Waals surface area contributed by atoms with Gasteiger partial charge < -0.3 is 14.7 Å². The molecule has 0 aliphatic rings. The molecule has 5 nitrogen and oxygen atoms in total. The molecule has 0 saturated heterocycles. The summed E-state index contributed by atoms with van der Waals surface area (Å²) in [5.41, 5.74) is 1.36. The standard InChI is InChI=1S/C12H11FN4O/c1-7-5-14-11(18-7)6-15-12-16-9-3-2-8(13)4-10(9)17-12/h2-5H,6H2,1H3,(H2,15,16,17). The summed E-state index contributed by atoms with van der Waals surface area (Å²) in [4.78, 5) is 11.3. The molecule has 0 spiro atoms. The summed E-state index contributed by atoms with van der Waals surface area (Å²) < 4.78 is 18.3. The van der Waals surface area contributed by atoms with Crippen LogP contribution in [0.5, 0.6) is 0 Å². The quantitative estimate of drug-likeness (QED) is 0.745. The lowest BCUT2D eigenvalue weighted by atomic mass is 10.3. The van der Waals surface area contributed by atoms with Gasteiger partial charge in [-0.3, -0.25) is 0 Å². The van der Waals surface area contributed by atoms with Gasteiger partial charge in [-0.05, 0) is 25.1 Å². The number of hydrogen-bond donors (Lipinski definition) is 2. The highest BCUT2D eigenvalue weighted by Gasteiger charge is 2.05. The Kier molecular flexibility index (Phi) is 2.47. The van der Waals surface area contributed by atoms with Gasteiger partial charge in [0, 0.05) is 0 Å². The Morgan fingerprint density at radius 3 is 3.11 bits per heavy atom. The van der Waals surface area contributed by atoms with Crippen LogP contribution in [-0.4, -0.2) is 15.0 Å². The average molecular weight is 246 g/mol. The molecule has 0 aliphatic carbocycles. The van der Waals surface area contributed by atoms with E-state index in [1.165, 1.54) is 12.1 Å². The molecular formula is C12H11FN4O. The van der Waals surface area contributed by atoms with Gasteiger partial charge in [0.05, 0.1) is 23.8 Å². The van der Waals surface area contributed by atoms with Crippen LogP contribution in [-0.2, 0) is 6.54 Å². The molecule has 6 heteroatoms. The van der Waals surface area contributed by atoms with Gasteiger partial charge in [-0.25, -0.2) is 14.4 Å². The molecule has 0 radical (unpaired) electrons. The van der Waals surface area contributed by atoms with Crippen LogP contribution < -0.4 is 5.32 Å². The van der Waals surface area contributed by atoms with Crippen LogP contribution in [0.15, 0.2) is 28.8 Å². The number of nitrogens with zero attached hydrogens (tertiary/aromatic N) is 2. The summed E-state index contributed by atoms with van der Waals surface area (Å²) in [6.07, 6.45) is 1.66. The van der Waals surface area contributed by atoms with E-state index in [9.17, 15) is 4.39 Å². The molecule has 2 N–H and O–H groups in total. The zero-order valence-corrected chi connectivity index (χ0v) is 9.70. The number of oxazole rings is 1. The first-order valence-electron chi connectivity index (χ1n) is 5.51. The lowest BCUT2D eigenvalue weighted by Gasteiger charge is -1.97. The molecule has 2 aromatic heterocycles. The SMILES string of the molecule is Cc1cnc(CNc2nc3ccc(F)cc3[nH]2)o1. The molecule has 92 valence electrons. The fourth-order valence-corrected chi connectivity index (χ4v) is 1.71. The van der Waals surface area contributed by atoms with Crippen molar-refractivity contribution >= 4 is 17.0 Å². The Hall–Kier alpha value is -2.37. The molecule has 1 aromatic carbocycles. The molecule has 0 bridgehead atoms. The van der Waals surface area contributed by atoms with E-state index in [0.29, 0.717) is 29.4 Å². The Balaban J connectivity index is 1.78. The van der Waals surface area contributed by atoms with Crippen LogP contribution in [0.3, 0.4) is 0 Å². The van der Waals surface area contributed by atoms with Gasteiger partial charge in [0.15, 0.2) is 0 Å². The third-order valence-corrected chi connectivity index (χ3v) is 2.52. The van der Waals surface area contributed by atoms with E-state index < -0.39 is 0 Å². The van der Waals surface area contributed by atoms with E-state index in [1.54, 1.807) is 12.3 Å². The van der Waals surface area contributed by atoms with Crippen LogP contribution in [0.25, 0.3) is 11.0 Å². The fourth-order valence-electron chi connectivity index (χ4n) is 1.71. The molecular weight excluding hydrogens is 235 g/mol. The average Bonchev–Trinajstić information content (AvgIpc) is 2.92. The zero-order chi connectivity index (χ0) is 12.5. The molecule has 0 unspecified atom stereocenters. The van der Waals surface area contributed by atoms with Gasteiger partial charge in [-0.1, -0.05) is 0 Å². The molecule has 0 aliphatic heterocycles. The zero-order valence-electron chi connectivity index (χ0n) is 9.70. The summed E-state index contributed by atoms with van der Waals surface area (Å²) in [5.74, 6) is 1.62. The third kappa shape index (κ3) is 2.04. The number of anilines is 1. The van der Waals surface area contributed by atoms with E-state index in [0.717, 1.165) is 5.76 Å². The van der Waals surface area contributed by atoms with Crippen LogP contribution >= 0.6 is 0 Å². The van der Waals surface area contributed by atoms with Crippen LogP contribution in [0.4, 0.5) is 10.3 Å². The van der Waals surface area contributed by atoms with Gasteiger partial charge in [-0.15, -0.1) is 0 Å². The van der Waals surface area contributed by atoms with Gasteiger partial charge in [0.2, 0.25) is 11.8 Å². The van der Waals surface area contributed by atoms with Crippen molar-refractivity contribution < 1.29 is 8.81 Å². The molecule has 0 atom stereocenters. The highest BCUT2D eigenvalue weighted by Crippen LogP contribution is 2.15. The van der Waals surface area contributed by atoms with Crippen LogP contribution in [0.2, 0.25) is 0 Å². The minimum absolute atomic E-state index is 0.291. The Bertz CT molecular complexity index is 688. The maximum atomic E-state index is 13.0. The number of nitrogens with one attached hydrogen (secondary N) is 2. The lowest BCUT2D eigenvalue weighted by Crippen LogP contribution is -2.00. The number of aryl methyl sites for hydroxylation is 1. The predicted molar refractivity (Wildman–Crippen MR) is 64.6 cm³/mol. The molecule has 0 saturated carbocycles. The monoisotopic (exact) mass is 246 g/mol. The van der Waals surface area contributed by atoms with Crippen molar-refractivity contribution in [2.24, 2.45) is 0 Å². The number of halogens is 1. The fraction of sp³-hybridized carbons (Fsp3) is 0.167. The first-order chi connectivity index (χ1) is 8.70. The second-order valence-corrected chi connectivity index (χ2v) is 3.97. The second-order valence-electron chi connectivity index (χ2n) is 3.97. The van der Waals surface area contributed by atoms with E-state index in [4.69, 9.17) is 4.42 Å². The number of aromatic amines is 1. The molecule has 3 rings (SSSR count). The minimum Gasteiger partial charge on any atom is -0.444 e. The smallest absolute Gasteiger partial charge is 0.213 e. The molecule has 0 amide bonds. The highest BCUT2D eigenvalue weighted by molar-refractivity contribution is 5.77.